The van der Waals surface area contributed by atoms with Gasteiger partial charge in [-0.3, -0.25) is 4.79 Å². The number of aromatic nitrogens is 1. The number of benzene rings is 1. The minimum Gasteiger partial charge on any atom is -0.494 e. The minimum absolute atomic E-state index is 0.136. The van der Waals surface area contributed by atoms with Crippen LogP contribution >= 0.6 is 0 Å². The standard InChI is InChI=1S/C22H27N3O4/c1-29-21-15(18-3-2-10-25(18,23)12-13-4-5-13)8-9-16-19(21)24(14-6-7-14)11-17(20(16)26)22(27)28/h8-9,11,13-14,18H,2-7,10,12,23H2,1H3/p+1. The minimum atomic E-state index is -1.19. The smallest absolute Gasteiger partial charge is 0.341 e. The van der Waals surface area contributed by atoms with Crippen molar-refractivity contribution in [2.45, 2.75) is 50.6 Å². The maximum Gasteiger partial charge on any atom is 0.341 e. The van der Waals surface area contributed by atoms with E-state index in [0.717, 1.165) is 50.3 Å². The van der Waals surface area contributed by atoms with Gasteiger partial charge in [-0.2, -0.15) is 5.84 Å². The molecule has 0 amide bonds. The molecule has 0 spiro atoms. The topological polar surface area (TPSA) is 94.6 Å². The number of likely N-dealkylation sites (tertiary alicyclic amines) is 1. The Hall–Kier alpha value is -2.38. The van der Waals surface area contributed by atoms with Gasteiger partial charge in [0.15, 0.2) is 5.75 Å². The highest BCUT2D eigenvalue weighted by Gasteiger charge is 2.46. The highest BCUT2D eigenvalue weighted by molar-refractivity contribution is 5.95. The Morgan fingerprint density at radius 2 is 2.03 bits per heavy atom. The molecule has 2 aliphatic carbocycles. The van der Waals surface area contributed by atoms with Crippen LogP contribution in [0, 0.1) is 5.92 Å². The molecule has 3 fully saturated rings. The molecule has 1 saturated heterocycles. The Morgan fingerprint density at radius 1 is 1.28 bits per heavy atom. The number of pyridine rings is 1. The van der Waals surface area contributed by atoms with E-state index in [-0.39, 0.29) is 17.6 Å². The zero-order valence-electron chi connectivity index (χ0n) is 16.8. The molecule has 1 aromatic heterocycles. The number of quaternary nitrogens is 1. The fraction of sp³-hybridized carbons (Fsp3) is 0.545. The van der Waals surface area contributed by atoms with E-state index < -0.39 is 11.4 Å². The van der Waals surface area contributed by atoms with Crippen LogP contribution in [0.15, 0.2) is 23.1 Å². The molecule has 2 atom stereocenters. The number of hydrogen-bond acceptors (Lipinski definition) is 4. The summed E-state index contributed by atoms with van der Waals surface area (Å²) in [5.74, 6) is 7.09. The molecular weight excluding hydrogens is 370 g/mol. The maximum absolute atomic E-state index is 12.9. The second-order valence-electron chi connectivity index (χ2n) is 9.01. The molecule has 2 heterocycles. The van der Waals surface area contributed by atoms with Crippen LogP contribution in [-0.2, 0) is 0 Å². The average molecular weight is 398 g/mol. The number of aromatic carboxylic acids is 1. The third kappa shape index (κ3) is 3.04. The largest absolute Gasteiger partial charge is 0.494 e. The first kappa shape index (κ1) is 18.6. The van der Waals surface area contributed by atoms with Crippen molar-refractivity contribution in [1.82, 2.24) is 4.57 Å². The van der Waals surface area contributed by atoms with Crippen LogP contribution in [-0.4, -0.2) is 40.4 Å². The zero-order valence-corrected chi connectivity index (χ0v) is 16.8. The molecule has 0 radical (unpaired) electrons. The van der Waals surface area contributed by atoms with Crippen molar-refractivity contribution in [3.63, 3.8) is 0 Å². The molecule has 7 heteroatoms. The maximum atomic E-state index is 12.9. The van der Waals surface area contributed by atoms with Crippen LogP contribution < -0.4 is 16.0 Å². The van der Waals surface area contributed by atoms with Crippen molar-refractivity contribution in [1.29, 1.82) is 0 Å². The lowest BCUT2D eigenvalue weighted by Gasteiger charge is -2.35. The molecule has 7 nitrogen and oxygen atoms in total. The van der Waals surface area contributed by atoms with Crippen LogP contribution in [0.2, 0.25) is 0 Å². The van der Waals surface area contributed by atoms with Gasteiger partial charge in [-0.05, 0) is 37.8 Å². The van der Waals surface area contributed by atoms with Gasteiger partial charge >= 0.3 is 5.97 Å². The van der Waals surface area contributed by atoms with Crippen molar-refractivity contribution in [3.05, 3.63) is 39.7 Å². The molecule has 1 aromatic carbocycles. The van der Waals surface area contributed by atoms with E-state index >= 15 is 0 Å². The van der Waals surface area contributed by atoms with Crippen LogP contribution in [0.4, 0.5) is 0 Å². The summed E-state index contributed by atoms with van der Waals surface area (Å²) >= 11 is 0. The first-order chi connectivity index (χ1) is 13.9. The van der Waals surface area contributed by atoms with Gasteiger partial charge in [0.2, 0.25) is 5.43 Å². The van der Waals surface area contributed by atoms with E-state index in [1.165, 1.54) is 19.0 Å². The van der Waals surface area contributed by atoms with E-state index in [9.17, 15) is 14.7 Å². The van der Waals surface area contributed by atoms with Crippen molar-refractivity contribution < 1.29 is 19.2 Å². The van der Waals surface area contributed by atoms with Crippen molar-refractivity contribution in [2.75, 3.05) is 20.2 Å². The molecule has 2 unspecified atom stereocenters. The van der Waals surface area contributed by atoms with E-state index in [1.807, 2.05) is 10.6 Å². The first-order valence-electron chi connectivity index (χ1n) is 10.6. The Labute approximate surface area is 169 Å². The number of carbonyl (C=O) groups is 1. The fourth-order valence-electron chi connectivity index (χ4n) is 5.13. The average Bonchev–Trinajstić information content (AvgIpc) is 3.61. The normalized spacial score (nSPS) is 26.8. The summed E-state index contributed by atoms with van der Waals surface area (Å²) in [4.78, 5) is 24.5. The van der Waals surface area contributed by atoms with E-state index in [0.29, 0.717) is 21.2 Å². The molecule has 3 aliphatic rings. The number of rotatable bonds is 6. The Balaban J connectivity index is 1.72. The van der Waals surface area contributed by atoms with Crippen LogP contribution in [0.1, 0.15) is 66.5 Å². The number of nitrogens with two attached hydrogens (primary N) is 1. The number of carboxylic acid groups (broad SMARTS) is 1. The molecule has 2 aromatic rings. The van der Waals surface area contributed by atoms with Crippen molar-refractivity contribution in [2.24, 2.45) is 11.8 Å². The number of carboxylic acids is 1. The highest BCUT2D eigenvalue weighted by Crippen LogP contribution is 2.47. The number of ether oxygens (including phenoxy) is 1. The summed E-state index contributed by atoms with van der Waals surface area (Å²) < 4.78 is 8.37. The lowest BCUT2D eigenvalue weighted by Crippen LogP contribution is -2.54. The molecule has 3 N–H and O–H groups in total. The van der Waals surface area contributed by atoms with E-state index in [1.54, 1.807) is 13.2 Å². The lowest BCUT2D eigenvalue weighted by atomic mass is 9.98. The predicted molar refractivity (Wildman–Crippen MR) is 109 cm³/mol. The SMILES string of the molecule is COc1c(C2CCC[N+]2(N)CC2CC2)ccc2c(=O)c(C(=O)O)cn(C3CC3)c12. The monoisotopic (exact) mass is 398 g/mol. The predicted octanol–water partition coefficient (Wildman–Crippen LogP) is 2.98. The van der Waals surface area contributed by atoms with Gasteiger partial charge in [0.25, 0.3) is 0 Å². The first-order valence-corrected chi connectivity index (χ1v) is 10.6. The summed E-state index contributed by atoms with van der Waals surface area (Å²) in [6.45, 7) is 1.94. The van der Waals surface area contributed by atoms with Gasteiger partial charge in [0.05, 0.1) is 36.7 Å². The highest BCUT2D eigenvalue weighted by atomic mass is 16.5. The van der Waals surface area contributed by atoms with Crippen LogP contribution in [0.3, 0.4) is 0 Å². The fourth-order valence-corrected chi connectivity index (χ4v) is 5.13. The summed E-state index contributed by atoms with van der Waals surface area (Å²) in [5.41, 5.74) is 1.12. The molecule has 0 bridgehead atoms. The van der Waals surface area contributed by atoms with Gasteiger partial charge in [-0.25, -0.2) is 9.39 Å². The van der Waals surface area contributed by atoms with Crippen LogP contribution in [0.25, 0.3) is 10.9 Å². The van der Waals surface area contributed by atoms with Gasteiger partial charge < -0.3 is 14.4 Å². The van der Waals surface area contributed by atoms with Crippen molar-refractivity contribution in [3.8, 4) is 5.75 Å². The summed E-state index contributed by atoms with van der Waals surface area (Å²) in [6, 6.07) is 4.07. The van der Waals surface area contributed by atoms with Gasteiger partial charge in [0, 0.05) is 31.0 Å². The van der Waals surface area contributed by atoms with Gasteiger partial charge in [-0.15, -0.1) is 0 Å². The molecule has 5 rings (SSSR count). The van der Waals surface area contributed by atoms with Gasteiger partial charge in [-0.1, -0.05) is 0 Å². The third-order valence-electron chi connectivity index (χ3n) is 6.88. The number of methoxy groups -OCH3 is 1. The molecular formula is C22H28N3O4+. The van der Waals surface area contributed by atoms with Crippen molar-refractivity contribution >= 4 is 16.9 Å². The lowest BCUT2D eigenvalue weighted by molar-refractivity contribution is -0.958. The van der Waals surface area contributed by atoms with Gasteiger partial charge in [0.1, 0.15) is 11.6 Å². The number of fused-ring (bicyclic) bond motifs is 1. The third-order valence-corrected chi connectivity index (χ3v) is 6.88. The summed E-state index contributed by atoms with van der Waals surface area (Å²) in [7, 11) is 1.63. The quantitative estimate of drug-likeness (QED) is 0.576. The summed E-state index contributed by atoms with van der Waals surface area (Å²) in [5, 5.41) is 9.91. The molecule has 1 aliphatic heterocycles. The molecule has 29 heavy (non-hydrogen) atoms. The van der Waals surface area contributed by atoms with E-state index in [4.69, 9.17) is 10.6 Å². The Kier molecular flexibility index (Phi) is 4.22. The second kappa shape index (κ2) is 6.57. The Bertz CT molecular complexity index is 1050. The van der Waals surface area contributed by atoms with Crippen LogP contribution in [0.5, 0.6) is 5.75 Å². The zero-order chi connectivity index (χ0) is 20.3. The summed E-state index contributed by atoms with van der Waals surface area (Å²) in [6.07, 6.45) is 8.05. The molecule has 154 valence electrons. The second-order valence-corrected chi connectivity index (χ2v) is 9.01. The Morgan fingerprint density at radius 3 is 2.66 bits per heavy atom. The van der Waals surface area contributed by atoms with E-state index in [2.05, 4.69) is 0 Å². The number of hydrogen-bond donors (Lipinski definition) is 2. The molecule has 2 saturated carbocycles. The number of nitrogens with zero attached hydrogens (tertiary/aromatic N) is 2.